The molecule has 1 aliphatic rings. The first kappa shape index (κ1) is 16.1. The number of aliphatic hydroxyl groups is 1. The maximum absolute atomic E-state index is 11.9. The van der Waals surface area contributed by atoms with Gasteiger partial charge in [0, 0.05) is 11.6 Å². The summed E-state index contributed by atoms with van der Waals surface area (Å²) in [5, 5.41) is 16.3. The van der Waals surface area contributed by atoms with Crippen LogP contribution in [0.4, 0.5) is 4.79 Å². The largest absolute Gasteiger partial charge is 0.391 e. The smallest absolute Gasteiger partial charge is 0.315 e. The van der Waals surface area contributed by atoms with Crippen molar-refractivity contribution in [3.05, 3.63) is 34.3 Å². The predicted octanol–water partition coefficient (Wildman–Crippen LogP) is 3.03. The van der Waals surface area contributed by atoms with Gasteiger partial charge in [0.1, 0.15) is 0 Å². The molecule has 0 aromatic heterocycles. The number of nitrogens with one attached hydrogen (secondary N) is 2. The van der Waals surface area contributed by atoms with Crippen molar-refractivity contribution in [3.63, 3.8) is 0 Å². The Balaban J connectivity index is 1.88. The van der Waals surface area contributed by atoms with Crippen LogP contribution in [0.15, 0.2) is 18.2 Å². The molecule has 0 spiro atoms. The van der Waals surface area contributed by atoms with Gasteiger partial charge in [-0.1, -0.05) is 38.4 Å². The molecule has 21 heavy (non-hydrogen) atoms. The van der Waals surface area contributed by atoms with Gasteiger partial charge in [-0.25, -0.2) is 4.79 Å². The number of aliphatic hydroxyl groups excluding tert-OH is 1. The fourth-order valence-electron chi connectivity index (χ4n) is 2.44. The van der Waals surface area contributed by atoms with Crippen LogP contribution in [0, 0.1) is 5.41 Å². The number of amides is 2. The number of fused-ring (bicyclic) bond motifs is 1. The molecule has 4 nitrogen and oxygen atoms in total. The lowest BCUT2D eigenvalue weighted by molar-refractivity contribution is 0.0649. The van der Waals surface area contributed by atoms with Crippen molar-refractivity contribution < 1.29 is 9.90 Å². The second-order valence-electron chi connectivity index (χ2n) is 6.67. The third kappa shape index (κ3) is 4.11. The van der Waals surface area contributed by atoms with E-state index < -0.39 is 6.10 Å². The van der Waals surface area contributed by atoms with Gasteiger partial charge in [-0.05, 0) is 41.5 Å². The highest BCUT2D eigenvalue weighted by molar-refractivity contribution is 6.30. The number of aryl methyl sites for hydroxylation is 1. The molecule has 5 heteroatoms. The Kier molecular flexibility index (Phi) is 4.79. The summed E-state index contributed by atoms with van der Waals surface area (Å²) in [6, 6.07) is 5.55. The average Bonchev–Trinajstić information content (AvgIpc) is 2.77. The summed E-state index contributed by atoms with van der Waals surface area (Å²) < 4.78 is 0. The fraction of sp³-hybridized carbons (Fsp3) is 0.562. The van der Waals surface area contributed by atoms with Crippen molar-refractivity contribution in [1.29, 1.82) is 0 Å². The lowest BCUT2D eigenvalue weighted by atomic mass is 9.89. The molecular formula is C16H23ClN2O2. The number of hydrogen-bond acceptors (Lipinski definition) is 2. The van der Waals surface area contributed by atoms with Crippen molar-refractivity contribution in [3.8, 4) is 0 Å². The van der Waals surface area contributed by atoms with E-state index in [1.165, 1.54) is 5.56 Å². The van der Waals surface area contributed by atoms with Crippen molar-refractivity contribution in [2.24, 2.45) is 5.41 Å². The Hall–Kier alpha value is -1.26. The number of carbonyl (C=O) groups is 1. The second kappa shape index (κ2) is 6.24. The quantitative estimate of drug-likeness (QED) is 0.803. The molecule has 2 atom stereocenters. The minimum atomic E-state index is -0.571. The summed E-state index contributed by atoms with van der Waals surface area (Å²) in [5.41, 5.74) is 2.08. The Bertz CT molecular complexity index is 525. The van der Waals surface area contributed by atoms with Crippen LogP contribution in [0.1, 0.15) is 44.4 Å². The van der Waals surface area contributed by atoms with Gasteiger partial charge in [0.15, 0.2) is 0 Å². The van der Waals surface area contributed by atoms with E-state index in [4.69, 9.17) is 11.6 Å². The summed E-state index contributed by atoms with van der Waals surface area (Å²) in [6.45, 7) is 6.06. The van der Waals surface area contributed by atoms with Crippen molar-refractivity contribution >= 4 is 17.6 Å². The van der Waals surface area contributed by atoms with Crippen LogP contribution in [0.5, 0.6) is 0 Å². The van der Waals surface area contributed by atoms with E-state index in [0.29, 0.717) is 0 Å². The van der Waals surface area contributed by atoms with Gasteiger partial charge in [-0.2, -0.15) is 0 Å². The van der Waals surface area contributed by atoms with E-state index in [0.717, 1.165) is 23.4 Å². The number of carbonyl (C=O) groups excluding carboxylic acids is 1. The molecule has 0 saturated heterocycles. The van der Waals surface area contributed by atoms with Crippen LogP contribution in [0.25, 0.3) is 0 Å². The van der Waals surface area contributed by atoms with Gasteiger partial charge in [0.05, 0.1) is 12.1 Å². The van der Waals surface area contributed by atoms with Crippen LogP contribution in [0.2, 0.25) is 5.02 Å². The van der Waals surface area contributed by atoms with Gasteiger partial charge in [0.2, 0.25) is 0 Å². The van der Waals surface area contributed by atoms with Gasteiger partial charge in [-0.3, -0.25) is 0 Å². The SMILES string of the molecule is CC(C)(C)C(O)CNC(=O)NC1CCc2cc(Cl)ccc21. The molecular weight excluding hydrogens is 288 g/mol. The molecule has 116 valence electrons. The lowest BCUT2D eigenvalue weighted by Crippen LogP contribution is -2.44. The maximum atomic E-state index is 11.9. The summed E-state index contributed by atoms with van der Waals surface area (Å²) in [5.74, 6) is 0. The van der Waals surface area contributed by atoms with Crippen molar-refractivity contribution in [1.82, 2.24) is 10.6 Å². The number of rotatable bonds is 3. The molecule has 1 aromatic rings. The lowest BCUT2D eigenvalue weighted by Gasteiger charge is -2.26. The Morgan fingerprint density at radius 3 is 2.86 bits per heavy atom. The third-order valence-corrected chi connectivity index (χ3v) is 4.18. The number of hydrogen-bond donors (Lipinski definition) is 3. The number of benzene rings is 1. The highest BCUT2D eigenvalue weighted by atomic mass is 35.5. The van der Waals surface area contributed by atoms with Gasteiger partial charge < -0.3 is 15.7 Å². The monoisotopic (exact) mass is 310 g/mol. The topological polar surface area (TPSA) is 61.4 Å². The zero-order valence-corrected chi connectivity index (χ0v) is 13.5. The molecule has 2 unspecified atom stereocenters. The predicted molar refractivity (Wildman–Crippen MR) is 84.5 cm³/mol. The molecule has 1 aromatic carbocycles. The van der Waals surface area contributed by atoms with E-state index in [1.807, 2.05) is 39.0 Å². The minimum absolute atomic E-state index is 0.0176. The van der Waals surface area contributed by atoms with Crippen LogP contribution in [-0.2, 0) is 6.42 Å². The zero-order chi connectivity index (χ0) is 15.6. The van der Waals surface area contributed by atoms with Gasteiger partial charge in [0.25, 0.3) is 0 Å². The second-order valence-corrected chi connectivity index (χ2v) is 7.11. The van der Waals surface area contributed by atoms with E-state index >= 15 is 0 Å². The van der Waals surface area contributed by atoms with Gasteiger partial charge in [-0.15, -0.1) is 0 Å². The molecule has 0 saturated carbocycles. The molecule has 2 amide bonds. The first-order valence-corrected chi connectivity index (χ1v) is 7.66. The highest BCUT2D eigenvalue weighted by Gasteiger charge is 2.25. The minimum Gasteiger partial charge on any atom is -0.391 e. The molecule has 0 heterocycles. The molecule has 2 rings (SSSR count). The fourth-order valence-corrected chi connectivity index (χ4v) is 2.64. The standard InChI is InChI=1S/C16H23ClN2O2/c1-16(2,3)14(20)9-18-15(21)19-13-7-4-10-8-11(17)5-6-12(10)13/h5-6,8,13-14,20H,4,7,9H2,1-3H3,(H2,18,19,21). The van der Waals surface area contributed by atoms with E-state index in [2.05, 4.69) is 10.6 Å². The van der Waals surface area contributed by atoms with E-state index in [-0.39, 0.29) is 24.0 Å². The number of halogens is 1. The third-order valence-electron chi connectivity index (χ3n) is 3.94. The van der Waals surface area contributed by atoms with Crippen LogP contribution in [-0.4, -0.2) is 23.8 Å². The Labute approximate surface area is 130 Å². The average molecular weight is 311 g/mol. The maximum Gasteiger partial charge on any atom is 0.315 e. The summed E-state index contributed by atoms with van der Waals surface area (Å²) >= 11 is 5.98. The van der Waals surface area contributed by atoms with E-state index in [1.54, 1.807) is 0 Å². The van der Waals surface area contributed by atoms with Crippen LogP contribution >= 0.6 is 11.6 Å². The summed E-state index contributed by atoms with van der Waals surface area (Å²) in [6.07, 6.45) is 1.23. The summed E-state index contributed by atoms with van der Waals surface area (Å²) in [7, 11) is 0. The molecule has 0 bridgehead atoms. The first-order valence-electron chi connectivity index (χ1n) is 7.28. The Morgan fingerprint density at radius 1 is 1.48 bits per heavy atom. The molecule has 1 aliphatic carbocycles. The first-order chi connectivity index (χ1) is 9.77. The normalized spacial score (nSPS) is 19.0. The molecule has 3 N–H and O–H groups in total. The summed E-state index contributed by atoms with van der Waals surface area (Å²) in [4.78, 5) is 11.9. The van der Waals surface area contributed by atoms with E-state index in [9.17, 15) is 9.90 Å². The molecule has 0 aliphatic heterocycles. The van der Waals surface area contributed by atoms with Crippen molar-refractivity contribution in [2.45, 2.75) is 45.8 Å². The van der Waals surface area contributed by atoms with Gasteiger partial charge >= 0.3 is 6.03 Å². The van der Waals surface area contributed by atoms with Crippen LogP contribution < -0.4 is 10.6 Å². The highest BCUT2D eigenvalue weighted by Crippen LogP contribution is 2.32. The number of urea groups is 1. The molecule has 0 radical (unpaired) electrons. The Morgan fingerprint density at radius 2 is 2.19 bits per heavy atom. The van der Waals surface area contributed by atoms with Crippen molar-refractivity contribution in [2.75, 3.05) is 6.54 Å². The molecule has 0 fully saturated rings. The van der Waals surface area contributed by atoms with Crippen LogP contribution in [0.3, 0.4) is 0 Å². The zero-order valence-electron chi connectivity index (χ0n) is 12.7.